The average molecular weight is 279 g/mol. The van der Waals surface area contributed by atoms with Crippen LogP contribution in [0.15, 0.2) is 35.2 Å². The Bertz CT molecular complexity index is 514. The molecule has 0 saturated heterocycles. The first-order valence-electron chi connectivity index (χ1n) is 4.88. The fourth-order valence-corrected chi connectivity index (χ4v) is 1.61. The number of hydrogen-bond donors (Lipinski definition) is 0. The Labute approximate surface area is 103 Å². The largest absolute Gasteiger partial charge is 0.439 e. The van der Waals surface area contributed by atoms with Gasteiger partial charge in [-0.15, -0.1) is 0 Å². The predicted octanol–water partition coefficient (Wildman–Crippen LogP) is 3.65. The van der Waals surface area contributed by atoms with Gasteiger partial charge in [0.25, 0.3) is 0 Å². The second kappa shape index (κ2) is 4.61. The molecule has 0 amide bonds. The van der Waals surface area contributed by atoms with Gasteiger partial charge in [-0.3, -0.25) is 0 Å². The van der Waals surface area contributed by atoms with Crippen molar-refractivity contribution in [3.63, 3.8) is 0 Å². The summed E-state index contributed by atoms with van der Waals surface area (Å²) < 4.78 is 6.40. The maximum absolute atomic E-state index is 5.69. The minimum atomic E-state index is 0.538. The van der Waals surface area contributed by atoms with Crippen molar-refractivity contribution in [3.8, 4) is 11.6 Å². The Morgan fingerprint density at radius 1 is 1.19 bits per heavy atom. The van der Waals surface area contributed by atoms with E-state index < -0.39 is 0 Å². The Morgan fingerprint density at radius 2 is 2.00 bits per heavy atom. The Kier molecular flexibility index (Phi) is 3.19. The van der Waals surface area contributed by atoms with E-state index in [2.05, 4.69) is 38.9 Å². The van der Waals surface area contributed by atoms with Crippen molar-refractivity contribution >= 4 is 15.9 Å². The van der Waals surface area contributed by atoms with E-state index >= 15 is 0 Å². The molecule has 0 aliphatic heterocycles. The highest BCUT2D eigenvalue weighted by Crippen LogP contribution is 2.26. The first-order valence-corrected chi connectivity index (χ1v) is 5.68. The van der Waals surface area contributed by atoms with Crippen molar-refractivity contribution < 1.29 is 4.74 Å². The predicted molar refractivity (Wildman–Crippen MR) is 65.7 cm³/mol. The molecule has 2 rings (SSSR count). The van der Waals surface area contributed by atoms with Crippen LogP contribution >= 0.6 is 15.9 Å². The van der Waals surface area contributed by atoms with Crippen LogP contribution in [0.2, 0.25) is 0 Å². The second-order valence-corrected chi connectivity index (χ2v) is 4.29. The summed E-state index contributed by atoms with van der Waals surface area (Å²) >= 11 is 3.28. The van der Waals surface area contributed by atoms with Crippen LogP contribution in [0.4, 0.5) is 0 Å². The third-order valence-corrected chi connectivity index (χ3v) is 2.81. The summed E-state index contributed by atoms with van der Waals surface area (Å²) in [5.41, 5.74) is 2.32. The first kappa shape index (κ1) is 11.1. The number of ether oxygens (including phenoxy) is 1. The average Bonchev–Trinajstić information content (AvgIpc) is 2.25. The highest BCUT2D eigenvalue weighted by Gasteiger charge is 2.04. The summed E-state index contributed by atoms with van der Waals surface area (Å²) in [6.45, 7) is 4.08. The highest BCUT2D eigenvalue weighted by atomic mass is 79.9. The van der Waals surface area contributed by atoms with Crippen LogP contribution in [0, 0.1) is 13.8 Å². The van der Waals surface area contributed by atoms with E-state index in [1.165, 1.54) is 11.9 Å². The normalized spacial score (nSPS) is 10.2. The van der Waals surface area contributed by atoms with Gasteiger partial charge in [0.1, 0.15) is 16.7 Å². The van der Waals surface area contributed by atoms with Crippen molar-refractivity contribution in [3.05, 3.63) is 46.3 Å². The molecule has 16 heavy (non-hydrogen) atoms. The lowest BCUT2D eigenvalue weighted by molar-refractivity contribution is 0.457. The molecular formula is C12H11BrN2O. The molecule has 0 saturated carbocycles. The van der Waals surface area contributed by atoms with Crippen LogP contribution < -0.4 is 4.74 Å². The van der Waals surface area contributed by atoms with E-state index in [1.807, 2.05) is 19.1 Å². The van der Waals surface area contributed by atoms with Crippen LogP contribution in [-0.2, 0) is 0 Å². The number of aryl methyl sites for hydroxylation is 1. The zero-order chi connectivity index (χ0) is 11.5. The zero-order valence-electron chi connectivity index (χ0n) is 9.07. The molecule has 0 radical (unpaired) electrons. The molecule has 0 bridgehead atoms. The van der Waals surface area contributed by atoms with Gasteiger partial charge >= 0.3 is 0 Å². The molecule has 2 aromatic rings. The molecule has 0 atom stereocenters. The van der Waals surface area contributed by atoms with Crippen LogP contribution in [0.3, 0.4) is 0 Å². The SMILES string of the molecule is Cc1cccc(Oc2cc(Br)ncn2)c1C. The van der Waals surface area contributed by atoms with Gasteiger partial charge in [-0.05, 0) is 47.0 Å². The van der Waals surface area contributed by atoms with Gasteiger partial charge in [-0.25, -0.2) is 9.97 Å². The maximum Gasteiger partial charge on any atom is 0.223 e. The topological polar surface area (TPSA) is 35.0 Å². The molecule has 0 spiro atoms. The molecule has 0 aliphatic carbocycles. The fraction of sp³-hybridized carbons (Fsp3) is 0.167. The Hall–Kier alpha value is -1.42. The van der Waals surface area contributed by atoms with E-state index in [4.69, 9.17) is 4.74 Å². The fourth-order valence-electron chi connectivity index (χ4n) is 1.32. The summed E-state index contributed by atoms with van der Waals surface area (Å²) in [6.07, 6.45) is 1.46. The molecule has 0 unspecified atom stereocenters. The molecule has 82 valence electrons. The van der Waals surface area contributed by atoms with Crippen molar-refractivity contribution in [2.24, 2.45) is 0 Å². The molecule has 0 N–H and O–H groups in total. The van der Waals surface area contributed by atoms with Gasteiger partial charge in [0, 0.05) is 6.07 Å². The molecule has 4 heteroatoms. The van der Waals surface area contributed by atoms with Gasteiger partial charge in [0.2, 0.25) is 5.88 Å². The molecular weight excluding hydrogens is 268 g/mol. The van der Waals surface area contributed by atoms with E-state index in [-0.39, 0.29) is 0 Å². The minimum absolute atomic E-state index is 0.538. The van der Waals surface area contributed by atoms with E-state index in [0.717, 1.165) is 11.3 Å². The summed E-state index contributed by atoms with van der Waals surface area (Å²) in [6, 6.07) is 7.69. The number of hydrogen-bond acceptors (Lipinski definition) is 3. The van der Waals surface area contributed by atoms with E-state index in [0.29, 0.717) is 10.5 Å². The van der Waals surface area contributed by atoms with Crippen LogP contribution in [0.1, 0.15) is 11.1 Å². The van der Waals surface area contributed by atoms with Crippen LogP contribution in [0.5, 0.6) is 11.6 Å². The van der Waals surface area contributed by atoms with E-state index in [9.17, 15) is 0 Å². The third kappa shape index (κ3) is 2.39. The molecule has 1 heterocycles. The summed E-state index contributed by atoms with van der Waals surface area (Å²) in [5.74, 6) is 1.36. The lowest BCUT2D eigenvalue weighted by atomic mass is 10.1. The minimum Gasteiger partial charge on any atom is -0.439 e. The standard InChI is InChI=1S/C12H11BrN2O/c1-8-4-3-5-10(9(8)2)16-12-6-11(13)14-7-15-12/h3-7H,1-2H3. The smallest absolute Gasteiger partial charge is 0.223 e. The number of rotatable bonds is 2. The lowest BCUT2D eigenvalue weighted by Crippen LogP contribution is -1.92. The first-order chi connectivity index (χ1) is 7.66. The second-order valence-electron chi connectivity index (χ2n) is 3.48. The summed E-state index contributed by atoms with van der Waals surface area (Å²) in [5, 5.41) is 0. The molecule has 0 fully saturated rings. The quantitative estimate of drug-likeness (QED) is 0.787. The number of benzene rings is 1. The van der Waals surface area contributed by atoms with Gasteiger partial charge < -0.3 is 4.74 Å². The monoisotopic (exact) mass is 278 g/mol. The molecule has 1 aromatic carbocycles. The molecule has 0 aliphatic rings. The van der Waals surface area contributed by atoms with Crippen molar-refractivity contribution in [2.45, 2.75) is 13.8 Å². The van der Waals surface area contributed by atoms with Gasteiger partial charge in [0.15, 0.2) is 0 Å². The zero-order valence-corrected chi connectivity index (χ0v) is 10.7. The van der Waals surface area contributed by atoms with Crippen LogP contribution in [0.25, 0.3) is 0 Å². The van der Waals surface area contributed by atoms with Crippen LogP contribution in [-0.4, -0.2) is 9.97 Å². The van der Waals surface area contributed by atoms with Gasteiger partial charge in [-0.1, -0.05) is 12.1 Å². The highest BCUT2D eigenvalue weighted by molar-refractivity contribution is 9.10. The lowest BCUT2D eigenvalue weighted by Gasteiger charge is -2.09. The summed E-state index contributed by atoms with van der Waals surface area (Å²) in [4.78, 5) is 7.99. The van der Waals surface area contributed by atoms with Gasteiger partial charge in [-0.2, -0.15) is 0 Å². The summed E-state index contributed by atoms with van der Waals surface area (Å²) in [7, 11) is 0. The van der Waals surface area contributed by atoms with Crippen molar-refractivity contribution in [1.82, 2.24) is 9.97 Å². The van der Waals surface area contributed by atoms with Gasteiger partial charge in [0.05, 0.1) is 0 Å². The third-order valence-electron chi connectivity index (χ3n) is 2.38. The van der Waals surface area contributed by atoms with Crippen molar-refractivity contribution in [1.29, 1.82) is 0 Å². The Morgan fingerprint density at radius 3 is 2.75 bits per heavy atom. The van der Waals surface area contributed by atoms with E-state index in [1.54, 1.807) is 6.07 Å². The maximum atomic E-state index is 5.69. The Balaban J connectivity index is 2.31. The number of halogens is 1. The van der Waals surface area contributed by atoms with Crippen molar-refractivity contribution in [2.75, 3.05) is 0 Å². The molecule has 1 aromatic heterocycles. The molecule has 3 nitrogen and oxygen atoms in total. The number of nitrogens with zero attached hydrogens (tertiary/aromatic N) is 2. The number of aromatic nitrogens is 2.